The summed E-state index contributed by atoms with van der Waals surface area (Å²) in [7, 11) is 1.82. The number of rotatable bonds is 2. The largest absolute Gasteiger partial charge is 0.390 e. The summed E-state index contributed by atoms with van der Waals surface area (Å²) in [5, 5.41) is 11.9. The zero-order valence-corrected chi connectivity index (χ0v) is 8.29. The van der Waals surface area contributed by atoms with E-state index >= 15 is 0 Å². The van der Waals surface area contributed by atoms with Crippen LogP contribution in [0.25, 0.3) is 0 Å². The van der Waals surface area contributed by atoms with Gasteiger partial charge in [0.1, 0.15) is 0 Å². The zero-order valence-electron chi connectivity index (χ0n) is 6.13. The van der Waals surface area contributed by atoms with Gasteiger partial charge in [-0.2, -0.15) is 0 Å². The molecule has 2 N–H and O–H groups in total. The van der Waals surface area contributed by atoms with Crippen LogP contribution in [0, 0.1) is 3.57 Å². The number of hydrogen-bond acceptors (Lipinski definition) is 3. The van der Waals surface area contributed by atoms with Gasteiger partial charge in [-0.25, -0.2) is 0 Å². The predicted octanol–water partition coefficient (Wildman–Crippen LogP) is 1.22. The van der Waals surface area contributed by atoms with Gasteiger partial charge in [-0.3, -0.25) is 4.98 Å². The molecule has 0 aliphatic heterocycles. The van der Waals surface area contributed by atoms with Crippen LogP contribution in [-0.4, -0.2) is 17.1 Å². The zero-order chi connectivity index (χ0) is 8.27. The molecule has 0 radical (unpaired) electrons. The first-order valence-corrected chi connectivity index (χ1v) is 4.29. The Morgan fingerprint density at radius 3 is 2.91 bits per heavy atom. The molecule has 0 atom stereocenters. The predicted molar refractivity (Wildman–Crippen MR) is 52.4 cm³/mol. The van der Waals surface area contributed by atoms with Crippen LogP contribution >= 0.6 is 22.6 Å². The van der Waals surface area contributed by atoms with Crippen LogP contribution < -0.4 is 5.32 Å². The third-order valence-electron chi connectivity index (χ3n) is 1.38. The number of aromatic nitrogens is 1. The fourth-order valence-electron chi connectivity index (χ4n) is 0.862. The minimum absolute atomic E-state index is 0.0208. The molecule has 4 heteroatoms. The average molecular weight is 264 g/mol. The van der Waals surface area contributed by atoms with Crippen molar-refractivity contribution in [2.45, 2.75) is 6.61 Å². The van der Waals surface area contributed by atoms with Crippen LogP contribution in [0.1, 0.15) is 5.69 Å². The van der Waals surface area contributed by atoms with Crippen molar-refractivity contribution in [3.05, 3.63) is 21.5 Å². The summed E-state index contributed by atoms with van der Waals surface area (Å²) < 4.78 is 1.07. The number of anilines is 1. The van der Waals surface area contributed by atoms with E-state index in [0.717, 1.165) is 9.26 Å². The summed E-state index contributed by atoms with van der Waals surface area (Å²) >= 11 is 2.20. The van der Waals surface area contributed by atoms with Crippen molar-refractivity contribution in [2.75, 3.05) is 12.4 Å². The minimum atomic E-state index is -0.0208. The second kappa shape index (κ2) is 3.87. The molecule has 1 rings (SSSR count). The van der Waals surface area contributed by atoms with Crippen molar-refractivity contribution in [3.8, 4) is 0 Å². The Labute approximate surface area is 79.0 Å². The molecule has 3 nitrogen and oxygen atoms in total. The molecular formula is C7H9IN2O. The highest BCUT2D eigenvalue weighted by Crippen LogP contribution is 2.19. The van der Waals surface area contributed by atoms with Gasteiger partial charge in [0, 0.05) is 16.8 Å². The van der Waals surface area contributed by atoms with Gasteiger partial charge in [-0.05, 0) is 28.7 Å². The quantitative estimate of drug-likeness (QED) is 0.789. The molecule has 0 aromatic carbocycles. The SMILES string of the molecule is CNc1c(I)ccnc1CO. The van der Waals surface area contributed by atoms with Gasteiger partial charge < -0.3 is 10.4 Å². The Balaban J connectivity index is 3.13. The van der Waals surface area contributed by atoms with Gasteiger partial charge in [-0.1, -0.05) is 0 Å². The number of nitrogens with zero attached hydrogens (tertiary/aromatic N) is 1. The lowest BCUT2D eigenvalue weighted by Crippen LogP contribution is -2.00. The Morgan fingerprint density at radius 1 is 1.73 bits per heavy atom. The number of aliphatic hydroxyl groups excluding tert-OH is 1. The van der Waals surface area contributed by atoms with Crippen LogP contribution in [0.2, 0.25) is 0 Å². The van der Waals surface area contributed by atoms with E-state index in [0.29, 0.717) is 5.69 Å². The van der Waals surface area contributed by atoms with Crippen LogP contribution in [0.3, 0.4) is 0 Å². The van der Waals surface area contributed by atoms with Crippen molar-refractivity contribution in [1.82, 2.24) is 4.98 Å². The van der Waals surface area contributed by atoms with Crippen molar-refractivity contribution in [2.24, 2.45) is 0 Å². The fourth-order valence-corrected chi connectivity index (χ4v) is 1.60. The Kier molecular flexibility index (Phi) is 3.07. The fraction of sp³-hybridized carbons (Fsp3) is 0.286. The standard InChI is InChI=1S/C7H9IN2O/c1-9-7-5(8)2-3-10-6(7)4-11/h2-3,9,11H,4H2,1H3. The van der Waals surface area contributed by atoms with Crippen molar-refractivity contribution in [1.29, 1.82) is 0 Å². The first kappa shape index (κ1) is 8.73. The molecule has 0 aliphatic rings. The van der Waals surface area contributed by atoms with E-state index in [9.17, 15) is 0 Å². The average Bonchev–Trinajstić information content (AvgIpc) is 2.04. The van der Waals surface area contributed by atoms with Crippen LogP contribution in [0.15, 0.2) is 12.3 Å². The molecule has 1 heterocycles. The van der Waals surface area contributed by atoms with Gasteiger partial charge >= 0.3 is 0 Å². The van der Waals surface area contributed by atoms with Crippen LogP contribution in [0.4, 0.5) is 5.69 Å². The molecular weight excluding hydrogens is 255 g/mol. The highest BCUT2D eigenvalue weighted by molar-refractivity contribution is 14.1. The lowest BCUT2D eigenvalue weighted by Gasteiger charge is -2.06. The molecule has 1 aromatic rings. The molecule has 0 saturated heterocycles. The minimum Gasteiger partial charge on any atom is -0.390 e. The maximum atomic E-state index is 8.87. The van der Waals surface area contributed by atoms with Gasteiger partial charge in [0.25, 0.3) is 0 Å². The second-order valence-electron chi connectivity index (χ2n) is 2.02. The summed E-state index contributed by atoms with van der Waals surface area (Å²) in [5.74, 6) is 0. The topological polar surface area (TPSA) is 45.2 Å². The molecule has 0 saturated carbocycles. The van der Waals surface area contributed by atoms with E-state index in [-0.39, 0.29) is 6.61 Å². The van der Waals surface area contributed by atoms with Crippen LogP contribution in [0.5, 0.6) is 0 Å². The first-order chi connectivity index (χ1) is 5.29. The molecule has 0 amide bonds. The van der Waals surface area contributed by atoms with E-state index in [2.05, 4.69) is 32.9 Å². The molecule has 1 aromatic heterocycles. The van der Waals surface area contributed by atoms with Gasteiger partial charge in [0.05, 0.1) is 18.0 Å². The first-order valence-electron chi connectivity index (χ1n) is 3.21. The molecule has 0 fully saturated rings. The number of aliphatic hydroxyl groups is 1. The van der Waals surface area contributed by atoms with E-state index in [1.165, 1.54) is 0 Å². The summed E-state index contributed by atoms with van der Waals surface area (Å²) in [5.41, 5.74) is 1.61. The maximum absolute atomic E-state index is 8.87. The molecule has 0 aliphatic carbocycles. The monoisotopic (exact) mass is 264 g/mol. The van der Waals surface area contributed by atoms with Gasteiger partial charge in [-0.15, -0.1) is 0 Å². The number of hydrogen-bond donors (Lipinski definition) is 2. The Morgan fingerprint density at radius 2 is 2.45 bits per heavy atom. The van der Waals surface area contributed by atoms with Crippen molar-refractivity contribution < 1.29 is 5.11 Å². The van der Waals surface area contributed by atoms with E-state index in [1.807, 2.05) is 13.1 Å². The van der Waals surface area contributed by atoms with E-state index in [4.69, 9.17) is 5.11 Å². The number of halogens is 1. The lowest BCUT2D eigenvalue weighted by atomic mass is 10.3. The van der Waals surface area contributed by atoms with Gasteiger partial charge in [0.15, 0.2) is 0 Å². The summed E-state index contributed by atoms with van der Waals surface area (Å²) in [4.78, 5) is 4.01. The highest BCUT2D eigenvalue weighted by atomic mass is 127. The number of pyridine rings is 1. The molecule has 0 bridgehead atoms. The molecule has 60 valence electrons. The Bertz CT molecular complexity index is 252. The Hall–Kier alpha value is -0.360. The van der Waals surface area contributed by atoms with E-state index < -0.39 is 0 Å². The smallest absolute Gasteiger partial charge is 0.0899 e. The third-order valence-corrected chi connectivity index (χ3v) is 2.28. The molecule has 0 unspecified atom stereocenters. The lowest BCUT2D eigenvalue weighted by molar-refractivity contribution is 0.277. The normalized spacial score (nSPS) is 9.73. The van der Waals surface area contributed by atoms with Crippen molar-refractivity contribution >= 4 is 28.3 Å². The molecule has 0 spiro atoms. The second-order valence-corrected chi connectivity index (χ2v) is 3.18. The summed E-state index contributed by atoms with van der Waals surface area (Å²) in [6, 6.07) is 1.89. The number of nitrogens with one attached hydrogen (secondary N) is 1. The van der Waals surface area contributed by atoms with Crippen molar-refractivity contribution in [3.63, 3.8) is 0 Å². The highest BCUT2D eigenvalue weighted by Gasteiger charge is 2.03. The maximum Gasteiger partial charge on any atom is 0.0899 e. The summed E-state index contributed by atoms with van der Waals surface area (Å²) in [6.45, 7) is -0.0208. The summed E-state index contributed by atoms with van der Waals surface area (Å²) in [6.07, 6.45) is 1.69. The van der Waals surface area contributed by atoms with Gasteiger partial charge in [0.2, 0.25) is 0 Å². The third kappa shape index (κ3) is 1.81. The molecule has 11 heavy (non-hydrogen) atoms. The van der Waals surface area contributed by atoms with Crippen LogP contribution in [-0.2, 0) is 6.61 Å². The van der Waals surface area contributed by atoms with E-state index in [1.54, 1.807) is 6.20 Å².